The maximum absolute atomic E-state index is 11.5. The molecule has 3 N–H and O–H groups in total. The second kappa shape index (κ2) is 9.00. The van der Waals surface area contributed by atoms with E-state index in [0.717, 1.165) is 30.9 Å². The van der Waals surface area contributed by atoms with Crippen LogP contribution in [0.2, 0.25) is 0 Å². The quantitative estimate of drug-likeness (QED) is 0.576. The molecule has 1 aromatic rings. The first-order chi connectivity index (χ1) is 11.6. The number of methoxy groups -OCH3 is 1. The predicted octanol–water partition coefficient (Wildman–Crippen LogP) is 1.68. The number of ether oxygens (including phenoxy) is 1. The third kappa shape index (κ3) is 5.33. The highest BCUT2D eigenvalue weighted by Crippen LogP contribution is 2.12. The van der Waals surface area contributed by atoms with Gasteiger partial charge >= 0.3 is 6.09 Å². The average Bonchev–Trinajstić information content (AvgIpc) is 2.61. The number of guanidine groups is 1. The van der Waals surface area contributed by atoms with Gasteiger partial charge in [-0.05, 0) is 37.5 Å². The average molecular weight is 334 g/mol. The number of amides is 1. The molecule has 7 nitrogen and oxygen atoms in total. The van der Waals surface area contributed by atoms with Crippen molar-refractivity contribution in [1.29, 1.82) is 0 Å². The van der Waals surface area contributed by atoms with Crippen LogP contribution in [0.5, 0.6) is 5.75 Å². The Balaban J connectivity index is 1.88. The van der Waals surface area contributed by atoms with Gasteiger partial charge in [0.2, 0.25) is 0 Å². The van der Waals surface area contributed by atoms with Gasteiger partial charge in [0, 0.05) is 25.7 Å². The summed E-state index contributed by atoms with van der Waals surface area (Å²) in [5, 5.41) is 16.0. The largest absolute Gasteiger partial charge is 0.508 e. The number of hydrogen-bond donors (Lipinski definition) is 3. The third-order valence-electron chi connectivity index (χ3n) is 3.97. The molecule has 0 aromatic heterocycles. The minimum atomic E-state index is -0.263. The zero-order valence-corrected chi connectivity index (χ0v) is 14.3. The number of phenolic OH excluding ortho intramolecular Hbond substituents is 1. The van der Waals surface area contributed by atoms with Gasteiger partial charge in [-0.25, -0.2) is 9.79 Å². The van der Waals surface area contributed by atoms with E-state index in [1.165, 1.54) is 7.11 Å². The minimum Gasteiger partial charge on any atom is -0.508 e. The number of aliphatic imine (C=N–C) groups is 1. The summed E-state index contributed by atoms with van der Waals surface area (Å²) in [7, 11) is 1.41. The van der Waals surface area contributed by atoms with Crippen molar-refractivity contribution in [1.82, 2.24) is 15.5 Å². The molecular weight excluding hydrogens is 308 g/mol. The number of carbonyl (C=O) groups is 1. The summed E-state index contributed by atoms with van der Waals surface area (Å²) in [6, 6.07) is 7.32. The normalized spacial score (nSPS) is 15.9. The highest BCUT2D eigenvalue weighted by molar-refractivity contribution is 5.80. The fourth-order valence-electron chi connectivity index (χ4n) is 2.62. The van der Waals surface area contributed by atoms with Crippen molar-refractivity contribution >= 4 is 12.1 Å². The van der Waals surface area contributed by atoms with Crippen molar-refractivity contribution in [2.45, 2.75) is 32.4 Å². The van der Waals surface area contributed by atoms with Crippen LogP contribution in [0.25, 0.3) is 0 Å². The Kier molecular flexibility index (Phi) is 6.72. The second-order valence-electron chi connectivity index (χ2n) is 5.74. The lowest BCUT2D eigenvalue weighted by atomic mass is 10.1. The first-order valence-electron chi connectivity index (χ1n) is 8.28. The number of piperidine rings is 1. The maximum atomic E-state index is 11.5. The Morgan fingerprint density at radius 3 is 2.58 bits per heavy atom. The first-order valence-corrected chi connectivity index (χ1v) is 8.28. The number of nitrogens with one attached hydrogen (secondary N) is 2. The van der Waals surface area contributed by atoms with E-state index >= 15 is 0 Å². The van der Waals surface area contributed by atoms with Gasteiger partial charge in [0.15, 0.2) is 5.96 Å². The molecule has 0 radical (unpaired) electrons. The van der Waals surface area contributed by atoms with Crippen molar-refractivity contribution in [3.05, 3.63) is 29.8 Å². The summed E-state index contributed by atoms with van der Waals surface area (Å²) >= 11 is 0. The molecule has 0 atom stereocenters. The highest BCUT2D eigenvalue weighted by atomic mass is 16.5. The molecule has 1 aliphatic heterocycles. The molecule has 1 aliphatic rings. The number of aromatic hydroxyl groups is 1. The molecule has 1 heterocycles. The molecule has 1 aromatic carbocycles. The summed E-state index contributed by atoms with van der Waals surface area (Å²) in [6.07, 6.45) is 1.46. The van der Waals surface area contributed by atoms with Crippen LogP contribution in [0.1, 0.15) is 25.3 Å². The van der Waals surface area contributed by atoms with Crippen LogP contribution in [0, 0.1) is 0 Å². The van der Waals surface area contributed by atoms with E-state index in [1.54, 1.807) is 17.0 Å². The monoisotopic (exact) mass is 334 g/mol. The zero-order chi connectivity index (χ0) is 17.4. The van der Waals surface area contributed by atoms with Crippen LogP contribution in [0.15, 0.2) is 29.3 Å². The molecular formula is C17H26N4O3. The predicted molar refractivity (Wildman–Crippen MR) is 93.1 cm³/mol. The molecule has 0 spiro atoms. The number of rotatable bonds is 4. The van der Waals surface area contributed by atoms with Crippen LogP contribution < -0.4 is 10.6 Å². The van der Waals surface area contributed by atoms with Gasteiger partial charge in [0.1, 0.15) is 5.75 Å². The molecule has 132 valence electrons. The van der Waals surface area contributed by atoms with E-state index in [0.29, 0.717) is 19.6 Å². The van der Waals surface area contributed by atoms with Gasteiger partial charge < -0.3 is 25.4 Å². The number of carbonyl (C=O) groups excluding carboxylic acids is 1. The van der Waals surface area contributed by atoms with Crippen LogP contribution in [0.4, 0.5) is 4.79 Å². The van der Waals surface area contributed by atoms with Gasteiger partial charge in [-0.3, -0.25) is 0 Å². The van der Waals surface area contributed by atoms with Gasteiger partial charge in [-0.2, -0.15) is 0 Å². The van der Waals surface area contributed by atoms with Crippen molar-refractivity contribution in [2.75, 3.05) is 26.7 Å². The fourth-order valence-corrected chi connectivity index (χ4v) is 2.62. The Bertz CT molecular complexity index is 551. The van der Waals surface area contributed by atoms with E-state index < -0.39 is 0 Å². The molecule has 1 amide bonds. The lowest BCUT2D eigenvalue weighted by Crippen LogP contribution is -2.49. The van der Waals surface area contributed by atoms with Crippen LogP contribution in [-0.2, 0) is 11.3 Å². The smallest absolute Gasteiger partial charge is 0.409 e. The van der Waals surface area contributed by atoms with Crippen molar-refractivity contribution in [3.63, 3.8) is 0 Å². The number of nitrogens with zero attached hydrogens (tertiary/aromatic N) is 2. The summed E-state index contributed by atoms with van der Waals surface area (Å²) in [5.74, 6) is 1.02. The molecule has 2 rings (SSSR count). The Morgan fingerprint density at radius 2 is 2.00 bits per heavy atom. The fraction of sp³-hybridized carbons (Fsp3) is 0.529. The number of hydrogen-bond acceptors (Lipinski definition) is 4. The van der Waals surface area contributed by atoms with Crippen LogP contribution >= 0.6 is 0 Å². The number of phenols is 1. The Labute approximate surface area is 142 Å². The van der Waals surface area contributed by atoms with Crippen LogP contribution in [-0.4, -0.2) is 54.8 Å². The van der Waals surface area contributed by atoms with E-state index in [1.807, 2.05) is 19.1 Å². The molecule has 0 unspecified atom stereocenters. The lowest BCUT2D eigenvalue weighted by molar-refractivity contribution is 0.111. The summed E-state index contributed by atoms with van der Waals surface area (Å²) in [4.78, 5) is 17.8. The standard InChI is InChI=1S/C17H26N4O3/c1-3-18-16(19-12-13-4-6-15(22)7-5-13)20-14-8-10-21(11-9-14)17(23)24-2/h4-7,14,22H,3,8-12H2,1-2H3,(H2,18,19,20). The SMILES string of the molecule is CCNC(=NCc1ccc(O)cc1)NC1CCN(C(=O)OC)CC1. The molecule has 0 aliphatic carbocycles. The summed E-state index contributed by atoms with van der Waals surface area (Å²) in [5.41, 5.74) is 1.03. The molecule has 7 heteroatoms. The highest BCUT2D eigenvalue weighted by Gasteiger charge is 2.23. The third-order valence-corrected chi connectivity index (χ3v) is 3.97. The maximum Gasteiger partial charge on any atom is 0.409 e. The van der Waals surface area contributed by atoms with Crippen molar-refractivity contribution in [3.8, 4) is 5.75 Å². The first kappa shape index (κ1) is 17.9. The Morgan fingerprint density at radius 1 is 1.33 bits per heavy atom. The van der Waals surface area contributed by atoms with Gasteiger partial charge in [-0.15, -0.1) is 0 Å². The molecule has 0 saturated carbocycles. The summed E-state index contributed by atoms with van der Waals surface area (Å²) in [6.45, 7) is 4.71. The number of likely N-dealkylation sites (tertiary alicyclic amines) is 1. The number of benzene rings is 1. The van der Waals surface area contributed by atoms with Crippen molar-refractivity contribution < 1.29 is 14.6 Å². The van der Waals surface area contributed by atoms with E-state index in [9.17, 15) is 9.90 Å². The second-order valence-corrected chi connectivity index (χ2v) is 5.74. The van der Waals surface area contributed by atoms with Gasteiger partial charge in [-0.1, -0.05) is 12.1 Å². The van der Waals surface area contributed by atoms with E-state index in [2.05, 4.69) is 15.6 Å². The van der Waals surface area contributed by atoms with E-state index in [4.69, 9.17) is 4.74 Å². The topological polar surface area (TPSA) is 86.2 Å². The molecule has 24 heavy (non-hydrogen) atoms. The molecule has 1 fully saturated rings. The molecule has 0 bridgehead atoms. The lowest BCUT2D eigenvalue weighted by Gasteiger charge is -2.32. The van der Waals surface area contributed by atoms with Crippen LogP contribution in [0.3, 0.4) is 0 Å². The van der Waals surface area contributed by atoms with Crippen molar-refractivity contribution in [2.24, 2.45) is 4.99 Å². The Hall–Kier alpha value is -2.44. The van der Waals surface area contributed by atoms with Gasteiger partial charge in [0.25, 0.3) is 0 Å². The molecule has 1 saturated heterocycles. The minimum absolute atomic E-state index is 0.255. The summed E-state index contributed by atoms with van der Waals surface area (Å²) < 4.78 is 4.75. The van der Waals surface area contributed by atoms with Gasteiger partial charge in [0.05, 0.1) is 13.7 Å². The van der Waals surface area contributed by atoms with E-state index in [-0.39, 0.29) is 17.9 Å². The zero-order valence-electron chi connectivity index (χ0n) is 14.3.